The van der Waals surface area contributed by atoms with E-state index in [9.17, 15) is 9.59 Å². The van der Waals surface area contributed by atoms with Gasteiger partial charge in [0.1, 0.15) is 0 Å². The third-order valence-electron chi connectivity index (χ3n) is 4.22. The Morgan fingerprint density at radius 1 is 1.26 bits per heavy atom. The van der Waals surface area contributed by atoms with E-state index in [2.05, 4.69) is 17.1 Å². The molecular weight excluding hydrogens is 244 g/mol. The summed E-state index contributed by atoms with van der Waals surface area (Å²) < 4.78 is 0. The third-order valence-corrected chi connectivity index (χ3v) is 4.22. The molecule has 0 aromatic rings. The Balaban J connectivity index is 1.88. The first kappa shape index (κ1) is 14.3. The molecule has 108 valence electrons. The average molecular weight is 268 g/mol. The molecule has 0 aromatic heterocycles. The highest BCUT2D eigenvalue weighted by Crippen LogP contribution is 2.21. The van der Waals surface area contributed by atoms with E-state index in [0.29, 0.717) is 19.1 Å². The zero-order chi connectivity index (χ0) is 13.8. The number of carbonyl (C=O) groups excluding carboxylic acids is 2. The number of rotatable bonds is 3. The molecule has 2 heterocycles. The first-order valence-electron chi connectivity index (χ1n) is 7.10. The summed E-state index contributed by atoms with van der Waals surface area (Å²) in [5, 5.41) is 3.24. The minimum Gasteiger partial charge on any atom is -0.369 e. The van der Waals surface area contributed by atoms with E-state index in [-0.39, 0.29) is 17.7 Å². The van der Waals surface area contributed by atoms with Crippen molar-refractivity contribution in [2.75, 3.05) is 39.3 Å². The lowest BCUT2D eigenvalue weighted by molar-refractivity contribution is -0.135. The third kappa shape index (κ3) is 3.67. The SMILES string of the molecule is CC1CCC(C(N)=O)CN1CC(=O)N1CCNCC1. The van der Waals surface area contributed by atoms with Crippen molar-refractivity contribution in [2.24, 2.45) is 11.7 Å². The number of hydrogen-bond acceptors (Lipinski definition) is 4. The smallest absolute Gasteiger partial charge is 0.236 e. The summed E-state index contributed by atoms with van der Waals surface area (Å²) in [7, 11) is 0. The average Bonchev–Trinajstić information content (AvgIpc) is 2.42. The summed E-state index contributed by atoms with van der Waals surface area (Å²) >= 11 is 0. The number of piperidine rings is 1. The number of nitrogens with one attached hydrogen (secondary N) is 1. The lowest BCUT2D eigenvalue weighted by atomic mass is 9.93. The Hall–Kier alpha value is -1.14. The fourth-order valence-electron chi connectivity index (χ4n) is 2.82. The Kier molecular flexibility index (Phi) is 4.76. The molecule has 2 saturated heterocycles. The molecule has 2 aliphatic rings. The van der Waals surface area contributed by atoms with Crippen molar-refractivity contribution in [1.29, 1.82) is 0 Å². The molecule has 0 radical (unpaired) electrons. The van der Waals surface area contributed by atoms with E-state index in [1.165, 1.54) is 0 Å². The van der Waals surface area contributed by atoms with Crippen molar-refractivity contribution in [3.63, 3.8) is 0 Å². The summed E-state index contributed by atoms with van der Waals surface area (Å²) in [6.07, 6.45) is 1.78. The van der Waals surface area contributed by atoms with Crippen LogP contribution >= 0.6 is 0 Å². The van der Waals surface area contributed by atoms with Crippen LogP contribution in [0.3, 0.4) is 0 Å². The predicted molar refractivity (Wildman–Crippen MR) is 72.4 cm³/mol. The highest BCUT2D eigenvalue weighted by atomic mass is 16.2. The number of amides is 2. The molecule has 19 heavy (non-hydrogen) atoms. The standard InChI is InChI=1S/C13H24N4O2/c1-10-2-3-11(13(14)19)8-17(10)9-12(18)16-6-4-15-5-7-16/h10-11,15H,2-9H2,1H3,(H2,14,19). The Labute approximate surface area is 114 Å². The topological polar surface area (TPSA) is 78.7 Å². The zero-order valence-corrected chi connectivity index (χ0v) is 11.6. The van der Waals surface area contributed by atoms with Gasteiger partial charge in [-0.15, -0.1) is 0 Å². The van der Waals surface area contributed by atoms with Crippen LogP contribution in [0.15, 0.2) is 0 Å². The Morgan fingerprint density at radius 2 is 1.95 bits per heavy atom. The number of piperazine rings is 1. The summed E-state index contributed by atoms with van der Waals surface area (Å²) in [5.41, 5.74) is 5.38. The second-order valence-corrected chi connectivity index (χ2v) is 5.59. The van der Waals surface area contributed by atoms with Gasteiger partial charge in [-0.25, -0.2) is 0 Å². The molecular formula is C13H24N4O2. The molecule has 2 aliphatic heterocycles. The van der Waals surface area contributed by atoms with Crippen LogP contribution in [0.1, 0.15) is 19.8 Å². The van der Waals surface area contributed by atoms with Gasteiger partial charge in [-0.3, -0.25) is 14.5 Å². The van der Waals surface area contributed by atoms with Gasteiger partial charge in [0.05, 0.1) is 12.5 Å². The molecule has 2 atom stereocenters. The van der Waals surface area contributed by atoms with Gasteiger partial charge in [0, 0.05) is 38.8 Å². The number of carbonyl (C=O) groups is 2. The molecule has 6 nitrogen and oxygen atoms in total. The number of nitrogens with two attached hydrogens (primary N) is 1. The quantitative estimate of drug-likeness (QED) is 0.688. The predicted octanol–water partition coefficient (Wildman–Crippen LogP) is -0.996. The summed E-state index contributed by atoms with van der Waals surface area (Å²) in [5.74, 6) is -0.183. The molecule has 0 aliphatic carbocycles. The maximum absolute atomic E-state index is 12.2. The van der Waals surface area contributed by atoms with Crippen LogP contribution < -0.4 is 11.1 Å². The first-order chi connectivity index (χ1) is 9.08. The van der Waals surface area contributed by atoms with E-state index in [1.54, 1.807) is 0 Å². The second kappa shape index (κ2) is 6.34. The number of likely N-dealkylation sites (tertiary alicyclic amines) is 1. The molecule has 2 amide bonds. The maximum Gasteiger partial charge on any atom is 0.236 e. The molecule has 0 saturated carbocycles. The van der Waals surface area contributed by atoms with Gasteiger partial charge >= 0.3 is 0 Å². The monoisotopic (exact) mass is 268 g/mol. The summed E-state index contributed by atoms with van der Waals surface area (Å²) in [6.45, 7) is 6.43. The van der Waals surface area contributed by atoms with Crippen LogP contribution in [0, 0.1) is 5.92 Å². The largest absolute Gasteiger partial charge is 0.369 e. The van der Waals surface area contributed by atoms with Crippen molar-refractivity contribution in [1.82, 2.24) is 15.1 Å². The highest BCUT2D eigenvalue weighted by Gasteiger charge is 2.30. The first-order valence-corrected chi connectivity index (χ1v) is 7.10. The van der Waals surface area contributed by atoms with Gasteiger partial charge in [0.2, 0.25) is 11.8 Å². The molecule has 2 unspecified atom stereocenters. The Morgan fingerprint density at radius 3 is 2.58 bits per heavy atom. The van der Waals surface area contributed by atoms with E-state index < -0.39 is 0 Å². The van der Waals surface area contributed by atoms with Gasteiger partial charge in [0.15, 0.2) is 0 Å². The maximum atomic E-state index is 12.2. The van der Waals surface area contributed by atoms with Gasteiger partial charge in [-0.05, 0) is 19.8 Å². The lowest BCUT2D eigenvalue weighted by Crippen LogP contribution is -2.53. The normalized spacial score (nSPS) is 29.2. The van der Waals surface area contributed by atoms with Crippen LogP contribution in [0.5, 0.6) is 0 Å². The van der Waals surface area contributed by atoms with Gasteiger partial charge < -0.3 is 16.0 Å². The summed E-state index contributed by atoms with van der Waals surface area (Å²) in [4.78, 5) is 27.5. The van der Waals surface area contributed by atoms with Crippen LogP contribution in [0.2, 0.25) is 0 Å². The second-order valence-electron chi connectivity index (χ2n) is 5.59. The van der Waals surface area contributed by atoms with Crippen molar-refractivity contribution >= 4 is 11.8 Å². The van der Waals surface area contributed by atoms with Crippen molar-refractivity contribution < 1.29 is 9.59 Å². The number of hydrogen-bond donors (Lipinski definition) is 2. The fourth-order valence-corrected chi connectivity index (χ4v) is 2.82. The van der Waals surface area contributed by atoms with Crippen molar-refractivity contribution in [3.05, 3.63) is 0 Å². The van der Waals surface area contributed by atoms with Crippen LogP contribution in [-0.2, 0) is 9.59 Å². The molecule has 6 heteroatoms. The highest BCUT2D eigenvalue weighted by molar-refractivity contribution is 5.79. The molecule has 0 aromatic carbocycles. The molecule has 0 bridgehead atoms. The van der Waals surface area contributed by atoms with Crippen molar-refractivity contribution in [3.8, 4) is 0 Å². The fraction of sp³-hybridized carbons (Fsp3) is 0.846. The van der Waals surface area contributed by atoms with E-state index >= 15 is 0 Å². The van der Waals surface area contributed by atoms with Crippen LogP contribution in [0.4, 0.5) is 0 Å². The minimum atomic E-state index is -0.244. The van der Waals surface area contributed by atoms with E-state index in [1.807, 2.05) is 4.90 Å². The minimum absolute atomic E-state index is 0.105. The van der Waals surface area contributed by atoms with Gasteiger partial charge in [-0.1, -0.05) is 0 Å². The molecule has 2 rings (SSSR count). The van der Waals surface area contributed by atoms with Gasteiger partial charge in [-0.2, -0.15) is 0 Å². The summed E-state index contributed by atoms with van der Waals surface area (Å²) in [6, 6.07) is 0.350. The van der Waals surface area contributed by atoms with Gasteiger partial charge in [0.25, 0.3) is 0 Å². The van der Waals surface area contributed by atoms with E-state index in [0.717, 1.165) is 39.0 Å². The Bertz CT molecular complexity index is 342. The van der Waals surface area contributed by atoms with E-state index in [4.69, 9.17) is 5.73 Å². The number of primary amides is 1. The molecule has 0 spiro atoms. The van der Waals surface area contributed by atoms with Crippen molar-refractivity contribution in [2.45, 2.75) is 25.8 Å². The lowest BCUT2D eigenvalue weighted by Gasteiger charge is -2.38. The molecule has 2 fully saturated rings. The zero-order valence-electron chi connectivity index (χ0n) is 11.6. The van der Waals surface area contributed by atoms with Crippen LogP contribution in [-0.4, -0.2) is 66.9 Å². The van der Waals surface area contributed by atoms with Crippen LogP contribution in [0.25, 0.3) is 0 Å². The number of nitrogens with zero attached hydrogens (tertiary/aromatic N) is 2. The molecule has 3 N–H and O–H groups in total.